The van der Waals surface area contributed by atoms with Gasteiger partial charge in [0.15, 0.2) is 0 Å². The standard InChI is InChI=1S/C14H24/c1-7-9-12(4)14(6)13(5)10-11(3)8-2/h7-8,13H,1,9-10H2,2-6H3/b11-8?,14-12+. The van der Waals surface area contributed by atoms with Gasteiger partial charge in [0, 0.05) is 0 Å². The third-order valence-electron chi connectivity index (χ3n) is 2.98. The third kappa shape index (κ3) is 4.45. The molecule has 0 radical (unpaired) electrons. The van der Waals surface area contributed by atoms with E-state index in [2.05, 4.69) is 47.3 Å². The van der Waals surface area contributed by atoms with Crippen LogP contribution in [-0.2, 0) is 0 Å². The maximum Gasteiger partial charge on any atom is -0.0142 e. The topological polar surface area (TPSA) is 0 Å². The summed E-state index contributed by atoms with van der Waals surface area (Å²) in [6.45, 7) is 14.8. The maximum atomic E-state index is 3.77. The molecule has 1 unspecified atom stereocenters. The first-order valence-corrected chi connectivity index (χ1v) is 5.41. The van der Waals surface area contributed by atoms with Gasteiger partial charge >= 0.3 is 0 Å². The molecule has 1 atom stereocenters. The quantitative estimate of drug-likeness (QED) is 0.544. The molecular formula is C14H24. The van der Waals surface area contributed by atoms with Crippen LogP contribution in [0.25, 0.3) is 0 Å². The third-order valence-corrected chi connectivity index (χ3v) is 2.98. The Labute approximate surface area is 89.4 Å². The van der Waals surface area contributed by atoms with Crippen molar-refractivity contribution in [2.45, 2.75) is 47.5 Å². The fourth-order valence-electron chi connectivity index (χ4n) is 1.55. The first-order chi connectivity index (χ1) is 6.52. The van der Waals surface area contributed by atoms with Crippen molar-refractivity contribution in [1.29, 1.82) is 0 Å². The van der Waals surface area contributed by atoms with Gasteiger partial charge in [-0.3, -0.25) is 0 Å². The molecule has 0 saturated heterocycles. The van der Waals surface area contributed by atoms with Crippen LogP contribution in [0, 0.1) is 5.92 Å². The lowest BCUT2D eigenvalue weighted by molar-refractivity contribution is 0.661. The van der Waals surface area contributed by atoms with E-state index in [1.165, 1.54) is 23.1 Å². The van der Waals surface area contributed by atoms with Crippen LogP contribution in [0.4, 0.5) is 0 Å². The van der Waals surface area contributed by atoms with E-state index < -0.39 is 0 Å². The highest BCUT2D eigenvalue weighted by Crippen LogP contribution is 2.23. The summed E-state index contributed by atoms with van der Waals surface area (Å²) in [5.74, 6) is 0.658. The zero-order valence-corrected chi connectivity index (χ0v) is 10.4. The molecule has 0 spiro atoms. The van der Waals surface area contributed by atoms with E-state index in [0.29, 0.717) is 5.92 Å². The Morgan fingerprint density at radius 1 is 1.29 bits per heavy atom. The van der Waals surface area contributed by atoms with Crippen molar-refractivity contribution in [3.05, 3.63) is 35.5 Å². The van der Waals surface area contributed by atoms with Gasteiger partial charge in [0.25, 0.3) is 0 Å². The fraction of sp³-hybridized carbons (Fsp3) is 0.571. The molecule has 0 aliphatic carbocycles. The zero-order valence-electron chi connectivity index (χ0n) is 10.4. The molecule has 0 nitrogen and oxygen atoms in total. The second-order valence-corrected chi connectivity index (χ2v) is 4.20. The van der Waals surface area contributed by atoms with E-state index in [9.17, 15) is 0 Å². The summed E-state index contributed by atoms with van der Waals surface area (Å²) in [6, 6.07) is 0. The van der Waals surface area contributed by atoms with Crippen molar-refractivity contribution in [3.8, 4) is 0 Å². The fourth-order valence-corrected chi connectivity index (χ4v) is 1.55. The van der Waals surface area contributed by atoms with Gasteiger partial charge in [-0.1, -0.05) is 35.8 Å². The van der Waals surface area contributed by atoms with Gasteiger partial charge in [0.05, 0.1) is 0 Å². The second kappa shape index (κ2) is 6.64. The number of rotatable bonds is 5. The summed E-state index contributed by atoms with van der Waals surface area (Å²) in [5.41, 5.74) is 4.46. The summed E-state index contributed by atoms with van der Waals surface area (Å²) in [4.78, 5) is 0. The minimum Gasteiger partial charge on any atom is -0.103 e. The van der Waals surface area contributed by atoms with E-state index in [1.54, 1.807) is 0 Å². The predicted octanol–water partition coefficient (Wildman–Crippen LogP) is 4.89. The monoisotopic (exact) mass is 192 g/mol. The Hall–Kier alpha value is -0.780. The van der Waals surface area contributed by atoms with E-state index >= 15 is 0 Å². The van der Waals surface area contributed by atoms with Crippen LogP contribution < -0.4 is 0 Å². The number of allylic oxidation sites excluding steroid dienone is 5. The molecule has 0 heteroatoms. The predicted molar refractivity (Wildman–Crippen MR) is 66.4 cm³/mol. The Morgan fingerprint density at radius 3 is 2.29 bits per heavy atom. The summed E-state index contributed by atoms with van der Waals surface area (Å²) in [7, 11) is 0. The van der Waals surface area contributed by atoms with Crippen LogP contribution in [0.1, 0.15) is 47.5 Å². The van der Waals surface area contributed by atoms with Crippen molar-refractivity contribution in [1.82, 2.24) is 0 Å². The minimum atomic E-state index is 0.658. The zero-order chi connectivity index (χ0) is 11.1. The van der Waals surface area contributed by atoms with Crippen molar-refractivity contribution in [2.75, 3.05) is 0 Å². The van der Waals surface area contributed by atoms with Crippen LogP contribution in [-0.4, -0.2) is 0 Å². The lowest BCUT2D eigenvalue weighted by Gasteiger charge is -2.15. The molecule has 0 aliphatic rings. The Balaban J connectivity index is 4.44. The molecule has 0 saturated carbocycles. The van der Waals surface area contributed by atoms with Crippen LogP contribution in [0.15, 0.2) is 35.5 Å². The minimum absolute atomic E-state index is 0.658. The van der Waals surface area contributed by atoms with Crippen molar-refractivity contribution < 1.29 is 0 Å². The molecule has 0 aromatic carbocycles. The molecule has 80 valence electrons. The molecule has 0 aromatic heterocycles. The molecule has 14 heavy (non-hydrogen) atoms. The van der Waals surface area contributed by atoms with Crippen LogP contribution >= 0.6 is 0 Å². The molecule has 0 rings (SSSR count). The van der Waals surface area contributed by atoms with Gasteiger partial charge in [0.1, 0.15) is 0 Å². The number of hydrogen-bond donors (Lipinski definition) is 0. The lowest BCUT2D eigenvalue weighted by Crippen LogP contribution is -1.99. The molecule has 0 N–H and O–H groups in total. The van der Waals surface area contributed by atoms with Gasteiger partial charge < -0.3 is 0 Å². The van der Waals surface area contributed by atoms with Gasteiger partial charge in [-0.25, -0.2) is 0 Å². The molecule has 0 aliphatic heterocycles. The first kappa shape index (κ1) is 13.2. The summed E-state index contributed by atoms with van der Waals surface area (Å²) in [6.07, 6.45) is 6.38. The van der Waals surface area contributed by atoms with E-state index in [-0.39, 0.29) is 0 Å². The van der Waals surface area contributed by atoms with E-state index in [4.69, 9.17) is 0 Å². The first-order valence-electron chi connectivity index (χ1n) is 5.41. The Bertz CT molecular complexity index is 241. The van der Waals surface area contributed by atoms with Crippen LogP contribution in [0.5, 0.6) is 0 Å². The van der Waals surface area contributed by atoms with Gasteiger partial charge in [-0.05, 0) is 46.5 Å². The van der Waals surface area contributed by atoms with Crippen molar-refractivity contribution in [3.63, 3.8) is 0 Å². The van der Waals surface area contributed by atoms with Crippen LogP contribution in [0.2, 0.25) is 0 Å². The van der Waals surface area contributed by atoms with Gasteiger partial charge in [-0.15, -0.1) is 6.58 Å². The highest BCUT2D eigenvalue weighted by atomic mass is 14.1. The highest BCUT2D eigenvalue weighted by Gasteiger charge is 2.07. The second-order valence-electron chi connectivity index (χ2n) is 4.20. The SMILES string of the molecule is C=CC/C(C)=C(\C)C(C)CC(C)=CC. The molecule has 0 fully saturated rings. The van der Waals surface area contributed by atoms with Gasteiger partial charge in [0.2, 0.25) is 0 Å². The average Bonchev–Trinajstić information content (AvgIpc) is 2.16. The summed E-state index contributed by atoms with van der Waals surface area (Å²) < 4.78 is 0. The molecule has 0 heterocycles. The Kier molecular flexibility index (Phi) is 6.27. The van der Waals surface area contributed by atoms with Gasteiger partial charge in [-0.2, -0.15) is 0 Å². The van der Waals surface area contributed by atoms with E-state index in [0.717, 1.165) is 6.42 Å². The highest BCUT2D eigenvalue weighted by molar-refractivity contribution is 5.16. The van der Waals surface area contributed by atoms with Crippen molar-refractivity contribution >= 4 is 0 Å². The molecular weight excluding hydrogens is 168 g/mol. The average molecular weight is 192 g/mol. The lowest BCUT2D eigenvalue weighted by atomic mass is 9.91. The molecule has 0 aromatic rings. The van der Waals surface area contributed by atoms with E-state index in [1.807, 2.05) is 6.08 Å². The largest absolute Gasteiger partial charge is 0.103 e. The van der Waals surface area contributed by atoms with Crippen molar-refractivity contribution in [2.24, 2.45) is 5.92 Å². The van der Waals surface area contributed by atoms with Crippen LogP contribution in [0.3, 0.4) is 0 Å². The Morgan fingerprint density at radius 2 is 1.86 bits per heavy atom. The summed E-state index contributed by atoms with van der Waals surface area (Å²) in [5, 5.41) is 0. The number of hydrogen-bond acceptors (Lipinski definition) is 0. The normalized spacial score (nSPS) is 16.2. The maximum absolute atomic E-state index is 3.77. The molecule has 0 bridgehead atoms. The molecule has 0 amide bonds. The smallest absolute Gasteiger partial charge is 0.0142 e. The summed E-state index contributed by atoms with van der Waals surface area (Å²) >= 11 is 0.